The van der Waals surface area contributed by atoms with E-state index in [9.17, 15) is 13.2 Å². The van der Waals surface area contributed by atoms with Crippen LogP contribution in [0.4, 0.5) is 0 Å². The van der Waals surface area contributed by atoms with Crippen molar-refractivity contribution in [3.05, 3.63) is 17.0 Å². The second kappa shape index (κ2) is 9.69. The summed E-state index contributed by atoms with van der Waals surface area (Å²) in [6.07, 6.45) is 3.64. The van der Waals surface area contributed by atoms with Crippen LogP contribution in [0.25, 0.3) is 0 Å². The van der Waals surface area contributed by atoms with E-state index in [0.29, 0.717) is 30.4 Å². The van der Waals surface area contributed by atoms with E-state index in [1.807, 2.05) is 4.90 Å². The molecule has 2 aliphatic rings. The Balaban J connectivity index is 0.00000261. The average molecular weight is 436 g/mol. The summed E-state index contributed by atoms with van der Waals surface area (Å²) < 4.78 is 27.6. The van der Waals surface area contributed by atoms with Crippen molar-refractivity contribution in [2.45, 2.75) is 49.8 Å². The van der Waals surface area contributed by atoms with Crippen LogP contribution in [-0.4, -0.2) is 62.3 Å². The molecule has 1 aromatic rings. The van der Waals surface area contributed by atoms with Gasteiger partial charge in [0, 0.05) is 32.2 Å². The molecule has 1 unspecified atom stereocenters. The number of carbonyl (C=O) groups excluding carboxylic acids is 1. The second-order valence-electron chi connectivity index (χ2n) is 7.35. The molecule has 2 aliphatic heterocycles. The number of sulfonamides is 1. The first kappa shape index (κ1) is 22.6. The number of halogens is 1. The van der Waals surface area contributed by atoms with Gasteiger partial charge in [-0.1, -0.05) is 13.8 Å². The summed E-state index contributed by atoms with van der Waals surface area (Å²) in [7, 11) is -3.49. The Morgan fingerprint density at radius 2 is 2.00 bits per heavy atom. The number of amides is 1. The topological polar surface area (TPSA) is 69.7 Å². The lowest BCUT2D eigenvalue weighted by Crippen LogP contribution is -2.41. The lowest BCUT2D eigenvalue weighted by atomic mass is 10.0. The molecular weight excluding hydrogens is 406 g/mol. The third-order valence-electron chi connectivity index (χ3n) is 5.33. The molecule has 0 bridgehead atoms. The minimum absolute atomic E-state index is 0. The smallest absolute Gasteiger partial charge is 0.264 e. The van der Waals surface area contributed by atoms with Crippen molar-refractivity contribution < 1.29 is 13.2 Å². The number of hydrogen-bond acceptors (Lipinski definition) is 5. The number of piperidine rings is 1. The van der Waals surface area contributed by atoms with Crippen LogP contribution in [-0.2, 0) is 10.0 Å². The molecule has 1 amide bonds. The van der Waals surface area contributed by atoms with E-state index in [2.05, 4.69) is 19.2 Å². The van der Waals surface area contributed by atoms with E-state index in [1.165, 1.54) is 0 Å². The molecule has 154 valence electrons. The van der Waals surface area contributed by atoms with E-state index in [-0.39, 0.29) is 28.6 Å². The highest BCUT2D eigenvalue weighted by molar-refractivity contribution is 7.91. The maximum absolute atomic E-state index is 13.0. The monoisotopic (exact) mass is 435 g/mol. The lowest BCUT2D eigenvalue weighted by Gasteiger charge is -2.29. The molecule has 9 heteroatoms. The summed E-state index contributed by atoms with van der Waals surface area (Å²) in [5.74, 6) is 0.531. The first-order valence-corrected chi connectivity index (χ1v) is 11.8. The minimum Gasteiger partial charge on any atom is -0.334 e. The molecule has 3 rings (SSSR count). The number of thiophene rings is 1. The highest BCUT2D eigenvalue weighted by Gasteiger charge is 2.32. The van der Waals surface area contributed by atoms with E-state index in [0.717, 1.165) is 50.1 Å². The third kappa shape index (κ3) is 5.03. The van der Waals surface area contributed by atoms with Crippen LogP contribution in [0.2, 0.25) is 0 Å². The quantitative estimate of drug-likeness (QED) is 0.745. The molecule has 0 saturated carbocycles. The SMILES string of the molecule is CCCN(C(=O)c1ccc(S(=O)(=O)N2CCC(C)CC2)s1)C1CCNC1.Cl. The molecule has 27 heavy (non-hydrogen) atoms. The van der Waals surface area contributed by atoms with Gasteiger partial charge < -0.3 is 10.2 Å². The Labute approximate surface area is 172 Å². The molecule has 0 aliphatic carbocycles. The Hall–Kier alpha value is -0.670. The van der Waals surface area contributed by atoms with Crippen LogP contribution >= 0.6 is 23.7 Å². The van der Waals surface area contributed by atoms with Crippen molar-refractivity contribution in [2.24, 2.45) is 5.92 Å². The Morgan fingerprint density at radius 1 is 1.30 bits per heavy atom. The number of carbonyl (C=O) groups is 1. The minimum atomic E-state index is -3.49. The van der Waals surface area contributed by atoms with E-state index in [4.69, 9.17) is 0 Å². The van der Waals surface area contributed by atoms with Gasteiger partial charge in [0.15, 0.2) is 0 Å². The molecule has 1 atom stereocenters. The highest BCUT2D eigenvalue weighted by atomic mass is 35.5. The molecule has 1 aromatic heterocycles. The van der Waals surface area contributed by atoms with Gasteiger partial charge in [-0.05, 0) is 50.3 Å². The van der Waals surface area contributed by atoms with Gasteiger partial charge >= 0.3 is 0 Å². The molecule has 0 aromatic carbocycles. The van der Waals surface area contributed by atoms with Gasteiger partial charge in [0.2, 0.25) is 0 Å². The summed E-state index contributed by atoms with van der Waals surface area (Å²) in [6, 6.07) is 3.48. The molecule has 0 spiro atoms. The summed E-state index contributed by atoms with van der Waals surface area (Å²) >= 11 is 1.11. The van der Waals surface area contributed by atoms with Crippen LogP contribution < -0.4 is 5.32 Å². The van der Waals surface area contributed by atoms with E-state index >= 15 is 0 Å². The molecule has 2 saturated heterocycles. The molecule has 0 radical (unpaired) electrons. The summed E-state index contributed by atoms with van der Waals surface area (Å²) in [6.45, 7) is 7.80. The Bertz CT molecular complexity index is 724. The van der Waals surface area contributed by atoms with Gasteiger partial charge in [0.25, 0.3) is 15.9 Å². The van der Waals surface area contributed by atoms with E-state index in [1.54, 1.807) is 16.4 Å². The molecule has 6 nitrogen and oxygen atoms in total. The fourth-order valence-corrected chi connectivity index (χ4v) is 6.55. The van der Waals surface area contributed by atoms with Crippen molar-refractivity contribution in [2.75, 3.05) is 32.7 Å². The lowest BCUT2D eigenvalue weighted by molar-refractivity contribution is 0.0697. The predicted octanol–water partition coefficient (Wildman–Crippen LogP) is 2.80. The first-order chi connectivity index (χ1) is 12.4. The molecule has 3 heterocycles. The number of rotatable bonds is 6. The van der Waals surface area contributed by atoms with Gasteiger partial charge in [-0.25, -0.2) is 8.42 Å². The second-order valence-corrected chi connectivity index (χ2v) is 10.6. The third-order valence-corrected chi connectivity index (χ3v) is 8.77. The predicted molar refractivity (Wildman–Crippen MR) is 111 cm³/mol. The fourth-order valence-electron chi connectivity index (χ4n) is 3.66. The zero-order valence-electron chi connectivity index (χ0n) is 16.0. The zero-order valence-corrected chi connectivity index (χ0v) is 18.5. The number of nitrogens with zero attached hydrogens (tertiary/aromatic N) is 2. The molecular formula is C18H30ClN3O3S2. The first-order valence-electron chi connectivity index (χ1n) is 9.55. The van der Waals surface area contributed by atoms with Gasteiger partial charge in [0.1, 0.15) is 4.21 Å². The van der Waals surface area contributed by atoms with Gasteiger partial charge in [-0.15, -0.1) is 23.7 Å². The normalized spacial score (nSPS) is 21.8. The van der Waals surface area contributed by atoms with Crippen molar-refractivity contribution in [3.63, 3.8) is 0 Å². The van der Waals surface area contributed by atoms with Gasteiger partial charge in [0.05, 0.1) is 4.88 Å². The van der Waals surface area contributed by atoms with Crippen molar-refractivity contribution in [3.8, 4) is 0 Å². The van der Waals surface area contributed by atoms with Crippen LogP contribution in [0.3, 0.4) is 0 Å². The maximum atomic E-state index is 13.0. The molecule has 2 fully saturated rings. The van der Waals surface area contributed by atoms with Crippen LogP contribution in [0.15, 0.2) is 16.3 Å². The average Bonchev–Trinajstić information content (AvgIpc) is 3.31. The zero-order chi connectivity index (χ0) is 18.7. The van der Waals surface area contributed by atoms with Crippen LogP contribution in [0.5, 0.6) is 0 Å². The Morgan fingerprint density at radius 3 is 2.59 bits per heavy atom. The van der Waals surface area contributed by atoms with Crippen LogP contribution in [0.1, 0.15) is 49.2 Å². The van der Waals surface area contributed by atoms with Gasteiger partial charge in [-0.2, -0.15) is 4.31 Å². The van der Waals surface area contributed by atoms with Crippen molar-refractivity contribution >= 4 is 39.7 Å². The van der Waals surface area contributed by atoms with Crippen LogP contribution in [0, 0.1) is 5.92 Å². The fraction of sp³-hybridized carbons (Fsp3) is 0.722. The summed E-state index contributed by atoms with van der Waals surface area (Å²) in [4.78, 5) is 15.4. The molecule has 1 N–H and O–H groups in total. The van der Waals surface area contributed by atoms with Gasteiger partial charge in [-0.3, -0.25) is 4.79 Å². The number of nitrogens with one attached hydrogen (secondary N) is 1. The summed E-state index contributed by atoms with van der Waals surface area (Å²) in [5.41, 5.74) is 0. The Kier molecular flexibility index (Phi) is 8.12. The largest absolute Gasteiger partial charge is 0.334 e. The standard InChI is InChI=1S/C18H29N3O3S2.ClH/c1-3-10-21(15-6-9-19-13-15)18(22)16-4-5-17(25-16)26(23,24)20-11-7-14(2)8-12-20;/h4-5,14-15,19H,3,6-13H2,1-2H3;1H. The highest BCUT2D eigenvalue weighted by Crippen LogP contribution is 2.29. The van der Waals surface area contributed by atoms with Crippen molar-refractivity contribution in [1.82, 2.24) is 14.5 Å². The maximum Gasteiger partial charge on any atom is 0.264 e. The summed E-state index contributed by atoms with van der Waals surface area (Å²) in [5, 5.41) is 3.30. The van der Waals surface area contributed by atoms with Crippen molar-refractivity contribution in [1.29, 1.82) is 0 Å². The number of hydrogen-bond donors (Lipinski definition) is 1. The van der Waals surface area contributed by atoms with E-state index < -0.39 is 10.0 Å².